The second-order valence-corrected chi connectivity index (χ2v) is 5.49. The minimum Gasteiger partial charge on any atom is -0.464 e. The fourth-order valence-corrected chi connectivity index (χ4v) is 3.04. The van der Waals surface area contributed by atoms with E-state index in [-0.39, 0.29) is 11.9 Å². The fraction of sp³-hybridized carbons (Fsp3) is 0.429. The third kappa shape index (κ3) is 2.07. The quantitative estimate of drug-likeness (QED) is 0.797. The molecular formula is C14H16ClN3O2. The summed E-state index contributed by atoms with van der Waals surface area (Å²) < 4.78 is 6.68. The number of ether oxygens (including phenoxy) is 1. The summed E-state index contributed by atoms with van der Waals surface area (Å²) >= 11 is 6.21. The molecule has 0 bridgehead atoms. The summed E-state index contributed by atoms with van der Waals surface area (Å²) in [6, 6.07) is 5.39. The van der Waals surface area contributed by atoms with Crippen LogP contribution in [0.2, 0.25) is 5.15 Å². The van der Waals surface area contributed by atoms with Crippen LogP contribution < -0.4 is 0 Å². The van der Waals surface area contributed by atoms with Gasteiger partial charge in [0, 0.05) is 12.5 Å². The highest BCUT2D eigenvalue weighted by molar-refractivity contribution is 6.32. The molecule has 20 heavy (non-hydrogen) atoms. The molecular weight excluding hydrogens is 278 g/mol. The van der Waals surface area contributed by atoms with E-state index in [1.165, 1.54) is 7.11 Å². The molecule has 0 N–H and O–H groups in total. The number of imidazole rings is 1. The van der Waals surface area contributed by atoms with Gasteiger partial charge in [-0.1, -0.05) is 17.7 Å². The van der Waals surface area contributed by atoms with Gasteiger partial charge in [0.15, 0.2) is 5.15 Å². The normalized spacial score (nSPS) is 19.6. The standard InChI is InChI=1S/C14H16ClN3O2/c1-17-7-6-9(8-17)13-16-12(15)10-4-3-5-11(18(10)13)14(19)20-2/h3-5,9H,6-8H2,1-2H3. The maximum atomic E-state index is 11.9. The molecule has 0 aliphatic carbocycles. The number of likely N-dealkylation sites (tertiary alicyclic amines) is 1. The molecule has 0 amide bonds. The number of pyridine rings is 1. The van der Waals surface area contributed by atoms with Crippen molar-refractivity contribution < 1.29 is 9.53 Å². The van der Waals surface area contributed by atoms with Gasteiger partial charge in [-0.3, -0.25) is 4.40 Å². The molecule has 3 rings (SSSR count). The lowest BCUT2D eigenvalue weighted by atomic mass is 10.1. The second-order valence-electron chi connectivity index (χ2n) is 5.13. The summed E-state index contributed by atoms with van der Waals surface area (Å²) in [7, 11) is 3.46. The van der Waals surface area contributed by atoms with Gasteiger partial charge in [0.1, 0.15) is 11.5 Å². The van der Waals surface area contributed by atoms with Gasteiger partial charge >= 0.3 is 5.97 Å². The molecule has 1 saturated heterocycles. The van der Waals surface area contributed by atoms with Crippen LogP contribution in [-0.4, -0.2) is 47.5 Å². The van der Waals surface area contributed by atoms with Crippen LogP contribution in [0.3, 0.4) is 0 Å². The van der Waals surface area contributed by atoms with E-state index in [1.807, 2.05) is 10.5 Å². The van der Waals surface area contributed by atoms with Gasteiger partial charge in [-0.2, -0.15) is 0 Å². The van der Waals surface area contributed by atoms with E-state index in [2.05, 4.69) is 16.9 Å². The van der Waals surface area contributed by atoms with Crippen LogP contribution in [0.1, 0.15) is 28.7 Å². The molecule has 1 aliphatic rings. The Bertz CT molecular complexity index is 668. The molecule has 0 saturated carbocycles. The molecule has 2 aromatic heterocycles. The van der Waals surface area contributed by atoms with Crippen molar-refractivity contribution in [1.82, 2.24) is 14.3 Å². The first kappa shape index (κ1) is 13.4. The molecule has 106 valence electrons. The topological polar surface area (TPSA) is 46.8 Å². The average Bonchev–Trinajstić information content (AvgIpc) is 3.02. The number of aromatic nitrogens is 2. The van der Waals surface area contributed by atoms with Gasteiger partial charge in [-0.25, -0.2) is 9.78 Å². The van der Waals surface area contributed by atoms with Crippen molar-refractivity contribution in [3.8, 4) is 0 Å². The van der Waals surface area contributed by atoms with Crippen molar-refractivity contribution >= 4 is 23.1 Å². The lowest BCUT2D eigenvalue weighted by Gasteiger charge is -2.12. The van der Waals surface area contributed by atoms with E-state index in [0.29, 0.717) is 10.8 Å². The van der Waals surface area contributed by atoms with E-state index in [0.717, 1.165) is 30.9 Å². The van der Waals surface area contributed by atoms with Gasteiger partial charge in [0.05, 0.1) is 12.6 Å². The number of carbonyl (C=O) groups excluding carboxylic acids is 1. The molecule has 5 nitrogen and oxygen atoms in total. The Morgan fingerprint density at radius 1 is 1.50 bits per heavy atom. The van der Waals surface area contributed by atoms with Crippen molar-refractivity contribution in [2.24, 2.45) is 0 Å². The van der Waals surface area contributed by atoms with E-state index >= 15 is 0 Å². The predicted octanol–water partition coefficient (Wildman–Crippen LogP) is 2.19. The van der Waals surface area contributed by atoms with E-state index in [1.54, 1.807) is 12.1 Å². The molecule has 1 unspecified atom stereocenters. The third-order valence-corrected chi connectivity index (χ3v) is 4.07. The first-order valence-corrected chi connectivity index (χ1v) is 6.93. The number of nitrogens with zero attached hydrogens (tertiary/aromatic N) is 3. The minimum atomic E-state index is -0.378. The SMILES string of the molecule is COC(=O)c1cccc2c(Cl)nc(C3CCN(C)C3)n12. The van der Waals surface area contributed by atoms with E-state index in [9.17, 15) is 4.79 Å². The monoisotopic (exact) mass is 293 g/mol. The van der Waals surface area contributed by atoms with E-state index in [4.69, 9.17) is 16.3 Å². The summed E-state index contributed by atoms with van der Waals surface area (Å²) in [5, 5.41) is 0.431. The average molecular weight is 294 g/mol. The van der Waals surface area contributed by atoms with Crippen LogP contribution in [-0.2, 0) is 4.74 Å². The maximum Gasteiger partial charge on any atom is 0.355 e. The van der Waals surface area contributed by atoms with Crippen LogP contribution in [0.25, 0.3) is 5.52 Å². The van der Waals surface area contributed by atoms with Crippen molar-refractivity contribution in [3.63, 3.8) is 0 Å². The zero-order chi connectivity index (χ0) is 14.3. The molecule has 1 aliphatic heterocycles. The van der Waals surface area contributed by atoms with Crippen LogP contribution in [0.15, 0.2) is 18.2 Å². The number of likely N-dealkylation sites (N-methyl/N-ethyl adjacent to an activating group) is 1. The number of carbonyl (C=O) groups is 1. The number of hydrogen-bond donors (Lipinski definition) is 0. The summed E-state index contributed by atoms with van der Waals surface area (Å²) in [6.45, 7) is 1.95. The number of hydrogen-bond acceptors (Lipinski definition) is 4. The Labute approximate surface area is 122 Å². The van der Waals surface area contributed by atoms with E-state index < -0.39 is 0 Å². The van der Waals surface area contributed by atoms with Crippen molar-refractivity contribution in [2.45, 2.75) is 12.3 Å². The number of fused-ring (bicyclic) bond motifs is 1. The molecule has 3 heterocycles. The first-order valence-electron chi connectivity index (χ1n) is 6.55. The number of halogens is 1. The molecule has 1 fully saturated rings. The molecule has 0 radical (unpaired) electrons. The van der Waals surface area contributed by atoms with Gasteiger partial charge in [-0.05, 0) is 32.1 Å². The van der Waals surface area contributed by atoms with Crippen molar-refractivity contribution in [2.75, 3.05) is 27.2 Å². The molecule has 2 aromatic rings. The van der Waals surface area contributed by atoms with Gasteiger partial charge in [-0.15, -0.1) is 0 Å². The lowest BCUT2D eigenvalue weighted by molar-refractivity contribution is 0.0592. The molecule has 0 spiro atoms. The Morgan fingerprint density at radius 2 is 2.30 bits per heavy atom. The van der Waals surface area contributed by atoms with Crippen molar-refractivity contribution in [1.29, 1.82) is 0 Å². The Kier molecular flexibility index (Phi) is 3.40. The van der Waals surface area contributed by atoms with Crippen molar-refractivity contribution in [3.05, 3.63) is 34.9 Å². The summed E-state index contributed by atoms with van der Waals surface area (Å²) in [5.74, 6) is 0.749. The number of methoxy groups -OCH3 is 1. The smallest absolute Gasteiger partial charge is 0.355 e. The maximum absolute atomic E-state index is 11.9. The highest BCUT2D eigenvalue weighted by atomic mass is 35.5. The fourth-order valence-electron chi connectivity index (χ4n) is 2.81. The Balaban J connectivity index is 2.19. The van der Waals surface area contributed by atoms with Crippen LogP contribution >= 0.6 is 11.6 Å². The molecule has 6 heteroatoms. The van der Waals surface area contributed by atoms with Crippen LogP contribution in [0, 0.1) is 0 Å². The van der Waals surface area contributed by atoms with Gasteiger partial charge in [0.25, 0.3) is 0 Å². The van der Waals surface area contributed by atoms with Gasteiger partial charge in [0.2, 0.25) is 0 Å². The third-order valence-electron chi connectivity index (χ3n) is 3.79. The minimum absolute atomic E-state index is 0.283. The first-order chi connectivity index (χ1) is 9.61. The summed E-state index contributed by atoms with van der Waals surface area (Å²) in [4.78, 5) is 18.7. The Morgan fingerprint density at radius 3 is 2.95 bits per heavy atom. The van der Waals surface area contributed by atoms with Crippen LogP contribution in [0.4, 0.5) is 0 Å². The highest BCUT2D eigenvalue weighted by Crippen LogP contribution is 2.30. The molecule has 1 atom stereocenters. The molecule has 0 aromatic carbocycles. The Hall–Kier alpha value is -1.59. The zero-order valence-corrected chi connectivity index (χ0v) is 12.2. The summed E-state index contributed by atoms with van der Waals surface area (Å²) in [5.41, 5.74) is 1.22. The second kappa shape index (κ2) is 5.07. The zero-order valence-electron chi connectivity index (χ0n) is 11.5. The van der Waals surface area contributed by atoms with Crippen LogP contribution in [0.5, 0.6) is 0 Å². The predicted molar refractivity (Wildman–Crippen MR) is 76.4 cm³/mol. The highest BCUT2D eigenvalue weighted by Gasteiger charge is 2.28. The van der Waals surface area contributed by atoms with Gasteiger partial charge < -0.3 is 9.64 Å². The largest absolute Gasteiger partial charge is 0.464 e. The lowest BCUT2D eigenvalue weighted by Crippen LogP contribution is -2.16. The number of esters is 1. The number of rotatable bonds is 2. The summed E-state index contributed by atoms with van der Waals surface area (Å²) in [6.07, 6.45) is 1.02.